The van der Waals surface area contributed by atoms with E-state index < -0.39 is 0 Å². The Kier molecular flexibility index (Phi) is 5.48. The molecule has 0 bridgehead atoms. The first kappa shape index (κ1) is 19.0. The number of hydrogen-bond donors (Lipinski definition) is 3. The summed E-state index contributed by atoms with van der Waals surface area (Å²) in [6.45, 7) is 0.917. The number of aromatic nitrogens is 4. The maximum Gasteiger partial charge on any atom is 0.274 e. The van der Waals surface area contributed by atoms with Crippen molar-refractivity contribution in [1.29, 1.82) is 0 Å². The molecule has 0 aliphatic heterocycles. The van der Waals surface area contributed by atoms with Gasteiger partial charge in [-0.3, -0.25) is 9.89 Å². The Hall–Kier alpha value is -3.33. The van der Waals surface area contributed by atoms with Gasteiger partial charge in [0.2, 0.25) is 5.95 Å². The molecule has 0 saturated heterocycles. The molecule has 0 aliphatic rings. The average molecular weight is 455 g/mol. The second kappa shape index (κ2) is 8.36. The summed E-state index contributed by atoms with van der Waals surface area (Å²) in [6.07, 6.45) is 0. The monoisotopic (exact) mass is 454 g/mol. The molecule has 0 aliphatic carbocycles. The van der Waals surface area contributed by atoms with Gasteiger partial charge in [-0.05, 0) is 30.3 Å². The molecular formula is C20H19BrN6O2. The van der Waals surface area contributed by atoms with Crippen molar-refractivity contribution < 1.29 is 4.74 Å². The van der Waals surface area contributed by atoms with Crippen LogP contribution in [0.2, 0.25) is 0 Å². The Morgan fingerprint density at radius 3 is 2.66 bits per heavy atom. The molecular weight excluding hydrogens is 436 g/mol. The maximum atomic E-state index is 12.4. The molecule has 8 nitrogen and oxygen atoms in total. The number of methoxy groups -OCH3 is 1. The molecule has 0 unspecified atom stereocenters. The van der Waals surface area contributed by atoms with Crippen LogP contribution in [0.25, 0.3) is 5.78 Å². The highest BCUT2D eigenvalue weighted by Gasteiger charge is 2.09. The van der Waals surface area contributed by atoms with Crippen molar-refractivity contribution in [2.75, 3.05) is 17.7 Å². The fourth-order valence-electron chi connectivity index (χ4n) is 2.89. The molecule has 148 valence electrons. The van der Waals surface area contributed by atoms with E-state index in [2.05, 4.69) is 41.6 Å². The molecule has 0 spiro atoms. The van der Waals surface area contributed by atoms with Crippen LogP contribution in [0.3, 0.4) is 0 Å². The van der Waals surface area contributed by atoms with Gasteiger partial charge in [0, 0.05) is 28.3 Å². The van der Waals surface area contributed by atoms with Gasteiger partial charge in [0.1, 0.15) is 5.75 Å². The van der Waals surface area contributed by atoms with Gasteiger partial charge in [0.05, 0.1) is 19.3 Å². The Labute approximate surface area is 175 Å². The lowest BCUT2D eigenvalue weighted by atomic mass is 10.2. The van der Waals surface area contributed by atoms with Gasteiger partial charge in [-0.2, -0.15) is 9.50 Å². The topological polar surface area (TPSA) is 96.3 Å². The van der Waals surface area contributed by atoms with E-state index in [0.29, 0.717) is 30.5 Å². The molecule has 29 heavy (non-hydrogen) atoms. The van der Waals surface area contributed by atoms with Gasteiger partial charge in [-0.15, -0.1) is 0 Å². The lowest BCUT2D eigenvalue weighted by Gasteiger charge is -2.08. The normalized spacial score (nSPS) is 10.8. The lowest BCUT2D eigenvalue weighted by Crippen LogP contribution is -2.17. The Bertz CT molecular complexity index is 1190. The summed E-state index contributed by atoms with van der Waals surface area (Å²) < 4.78 is 7.67. The Morgan fingerprint density at radius 1 is 1.07 bits per heavy atom. The van der Waals surface area contributed by atoms with Crippen molar-refractivity contribution in [1.82, 2.24) is 19.6 Å². The van der Waals surface area contributed by atoms with Crippen LogP contribution in [0.15, 0.2) is 63.9 Å². The quantitative estimate of drug-likeness (QED) is 0.395. The number of anilines is 2. The lowest BCUT2D eigenvalue weighted by molar-refractivity contribution is 0.410. The molecule has 9 heteroatoms. The van der Waals surface area contributed by atoms with Crippen molar-refractivity contribution in [2.24, 2.45) is 0 Å². The third kappa shape index (κ3) is 4.40. The third-order valence-corrected chi connectivity index (χ3v) is 4.87. The van der Waals surface area contributed by atoms with Crippen LogP contribution in [-0.4, -0.2) is 26.7 Å². The van der Waals surface area contributed by atoms with Gasteiger partial charge in [-0.1, -0.05) is 34.1 Å². The highest BCUT2D eigenvalue weighted by atomic mass is 79.9. The zero-order chi connectivity index (χ0) is 20.2. The van der Waals surface area contributed by atoms with E-state index in [1.165, 1.54) is 10.6 Å². The first-order valence-corrected chi connectivity index (χ1v) is 9.75. The Balaban J connectivity index is 1.49. The molecule has 0 saturated carbocycles. The van der Waals surface area contributed by atoms with Crippen molar-refractivity contribution in [2.45, 2.75) is 13.1 Å². The van der Waals surface area contributed by atoms with Gasteiger partial charge in [0.25, 0.3) is 11.3 Å². The van der Waals surface area contributed by atoms with Crippen LogP contribution >= 0.6 is 15.9 Å². The van der Waals surface area contributed by atoms with E-state index in [-0.39, 0.29) is 5.56 Å². The number of nitrogens with one attached hydrogen (secondary N) is 3. The first-order chi connectivity index (χ1) is 14.1. The summed E-state index contributed by atoms with van der Waals surface area (Å²) in [7, 11) is 1.63. The number of benzene rings is 2. The molecule has 3 N–H and O–H groups in total. The second-order valence-electron chi connectivity index (χ2n) is 6.32. The number of fused-ring (bicyclic) bond motifs is 1. The van der Waals surface area contributed by atoms with Gasteiger partial charge >= 0.3 is 0 Å². The zero-order valence-corrected chi connectivity index (χ0v) is 17.2. The van der Waals surface area contributed by atoms with Crippen LogP contribution in [0, 0.1) is 0 Å². The molecule has 2 aromatic carbocycles. The molecule has 4 rings (SSSR count). The number of H-pyrrole nitrogens is 1. The number of rotatable bonds is 7. The third-order valence-electron chi connectivity index (χ3n) is 4.34. The minimum absolute atomic E-state index is 0.222. The largest absolute Gasteiger partial charge is 0.496 e. The Morgan fingerprint density at radius 2 is 1.86 bits per heavy atom. The predicted octanol–water partition coefficient (Wildman–Crippen LogP) is 3.41. The van der Waals surface area contributed by atoms with E-state index >= 15 is 0 Å². The van der Waals surface area contributed by atoms with E-state index in [9.17, 15) is 4.79 Å². The number of halogens is 1. The van der Waals surface area contributed by atoms with Crippen LogP contribution in [0.4, 0.5) is 11.6 Å². The molecule has 4 aromatic rings. The van der Waals surface area contributed by atoms with Gasteiger partial charge in [0.15, 0.2) is 0 Å². The molecule has 0 amide bonds. The number of hydrogen-bond acceptors (Lipinski definition) is 6. The SMILES string of the molecule is COc1ccccc1CNc1nc2nc(CNc3ccc(Br)cc3)cc(=O)n2[nH]1. The van der Waals surface area contributed by atoms with Crippen LogP contribution in [0.5, 0.6) is 5.75 Å². The van der Waals surface area contributed by atoms with Crippen LogP contribution < -0.4 is 20.9 Å². The summed E-state index contributed by atoms with van der Waals surface area (Å²) in [4.78, 5) is 21.3. The predicted molar refractivity (Wildman–Crippen MR) is 115 cm³/mol. The standard InChI is InChI=1S/C20H19BrN6O2/c1-29-17-5-3-2-4-13(17)11-23-19-25-20-24-16(10-18(28)27(20)26-19)12-22-15-8-6-14(21)7-9-15/h2-10,22H,11-12H2,1H3,(H2,23,24,25,26). The second-order valence-corrected chi connectivity index (χ2v) is 7.23. The van der Waals surface area contributed by atoms with Crippen molar-refractivity contribution in [3.05, 3.63) is 80.7 Å². The summed E-state index contributed by atoms with van der Waals surface area (Å²) in [5.41, 5.74) is 2.31. The molecule has 2 aromatic heterocycles. The summed E-state index contributed by atoms with van der Waals surface area (Å²) in [5, 5.41) is 9.35. The number of para-hydroxylation sites is 1. The van der Waals surface area contributed by atoms with E-state index in [1.807, 2.05) is 48.5 Å². The summed E-state index contributed by atoms with van der Waals surface area (Å²) >= 11 is 3.41. The average Bonchev–Trinajstić information content (AvgIpc) is 3.16. The minimum atomic E-state index is -0.222. The van der Waals surface area contributed by atoms with Gasteiger partial charge in [-0.25, -0.2) is 4.98 Å². The first-order valence-electron chi connectivity index (χ1n) is 8.96. The molecule has 0 fully saturated rings. The smallest absolute Gasteiger partial charge is 0.274 e. The van der Waals surface area contributed by atoms with E-state index in [1.54, 1.807) is 7.11 Å². The number of ether oxygens (including phenoxy) is 1. The van der Waals surface area contributed by atoms with Crippen molar-refractivity contribution in [3.63, 3.8) is 0 Å². The zero-order valence-electron chi connectivity index (χ0n) is 15.6. The minimum Gasteiger partial charge on any atom is -0.496 e. The van der Waals surface area contributed by atoms with Crippen LogP contribution in [0.1, 0.15) is 11.3 Å². The summed E-state index contributed by atoms with van der Waals surface area (Å²) in [5.74, 6) is 1.55. The highest BCUT2D eigenvalue weighted by Crippen LogP contribution is 2.18. The number of aromatic amines is 1. The highest BCUT2D eigenvalue weighted by molar-refractivity contribution is 9.10. The molecule has 2 heterocycles. The van der Waals surface area contributed by atoms with E-state index in [0.717, 1.165) is 21.5 Å². The summed E-state index contributed by atoms with van der Waals surface area (Å²) in [6, 6.07) is 17.0. The molecule has 0 radical (unpaired) electrons. The van der Waals surface area contributed by atoms with Crippen LogP contribution in [-0.2, 0) is 13.1 Å². The maximum absolute atomic E-state index is 12.4. The molecule has 0 atom stereocenters. The van der Waals surface area contributed by atoms with Gasteiger partial charge < -0.3 is 15.4 Å². The fraction of sp³-hybridized carbons (Fsp3) is 0.150. The van der Waals surface area contributed by atoms with E-state index in [4.69, 9.17) is 4.74 Å². The van der Waals surface area contributed by atoms with Crippen molar-refractivity contribution in [3.8, 4) is 5.75 Å². The number of nitrogens with zero attached hydrogens (tertiary/aromatic N) is 3. The van der Waals surface area contributed by atoms with Crippen molar-refractivity contribution >= 4 is 33.3 Å². The fourth-order valence-corrected chi connectivity index (χ4v) is 3.15.